The quantitative estimate of drug-likeness (QED) is 0.618. The zero-order chi connectivity index (χ0) is 23.4. The maximum Gasteiger partial charge on any atom is 0.180 e. The lowest BCUT2D eigenvalue weighted by molar-refractivity contribution is -0.118. The number of ketones is 1. The summed E-state index contributed by atoms with van der Waals surface area (Å²) in [7, 11) is 1.92. The van der Waals surface area contributed by atoms with E-state index in [-0.39, 0.29) is 12.4 Å². The van der Waals surface area contributed by atoms with E-state index >= 15 is 0 Å². The molecule has 0 atom stereocenters. The van der Waals surface area contributed by atoms with E-state index in [2.05, 4.69) is 18.8 Å². The first-order valence-electron chi connectivity index (χ1n) is 11.8. The largest absolute Gasteiger partial charge is 0.490 e. The van der Waals surface area contributed by atoms with Crippen LogP contribution in [-0.4, -0.2) is 64.9 Å². The van der Waals surface area contributed by atoms with E-state index in [0.717, 1.165) is 36.3 Å². The van der Waals surface area contributed by atoms with E-state index < -0.39 is 5.60 Å². The van der Waals surface area contributed by atoms with Gasteiger partial charge in [0.1, 0.15) is 29.5 Å². The van der Waals surface area contributed by atoms with Crippen molar-refractivity contribution in [2.24, 2.45) is 5.92 Å². The minimum Gasteiger partial charge on any atom is -0.490 e. The number of ether oxygens (including phenoxy) is 2. The van der Waals surface area contributed by atoms with Crippen molar-refractivity contribution in [2.75, 3.05) is 38.3 Å². The third-order valence-electron chi connectivity index (χ3n) is 6.21. The summed E-state index contributed by atoms with van der Waals surface area (Å²) in [5.74, 6) is 2.51. The Labute approximate surface area is 195 Å². The van der Waals surface area contributed by atoms with Gasteiger partial charge in [0.05, 0.1) is 6.54 Å². The van der Waals surface area contributed by atoms with Gasteiger partial charge in [0, 0.05) is 63.0 Å². The van der Waals surface area contributed by atoms with Crippen LogP contribution >= 0.6 is 0 Å². The summed E-state index contributed by atoms with van der Waals surface area (Å²) in [6.07, 6.45) is 6.21. The standard InChI is InChI=1S/C25H34N4O4/c1-17(2)13-18(30)15-29(3)24-20-5-4-6-21(20)27-23(28-24)22-14-19(7-10-26-22)33-16-25(31)8-11-32-12-9-25/h7,10,14,17,31H,4-6,8-9,11-13,15-16H2,1-3H3. The second-order valence-electron chi connectivity index (χ2n) is 9.64. The van der Waals surface area contributed by atoms with Crippen molar-refractivity contribution in [3.8, 4) is 17.3 Å². The van der Waals surface area contributed by atoms with E-state index in [0.29, 0.717) is 62.2 Å². The van der Waals surface area contributed by atoms with Gasteiger partial charge in [-0.15, -0.1) is 0 Å². The molecule has 0 radical (unpaired) electrons. The van der Waals surface area contributed by atoms with Gasteiger partial charge in [-0.25, -0.2) is 9.97 Å². The van der Waals surface area contributed by atoms with Gasteiger partial charge in [0.2, 0.25) is 0 Å². The van der Waals surface area contributed by atoms with Gasteiger partial charge in [-0.3, -0.25) is 9.78 Å². The van der Waals surface area contributed by atoms with Crippen molar-refractivity contribution in [3.63, 3.8) is 0 Å². The van der Waals surface area contributed by atoms with Crippen LogP contribution in [0, 0.1) is 5.92 Å². The molecule has 1 aliphatic carbocycles. The second-order valence-corrected chi connectivity index (χ2v) is 9.64. The molecule has 0 saturated carbocycles. The summed E-state index contributed by atoms with van der Waals surface area (Å²) < 4.78 is 11.3. The van der Waals surface area contributed by atoms with Gasteiger partial charge < -0.3 is 19.5 Å². The summed E-state index contributed by atoms with van der Waals surface area (Å²) in [4.78, 5) is 28.5. The molecule has 0 bridgehead atoms. The van der Waals surface area contributed by atoms with Gasteiger partial charge >= 0.3 is 0 Å². The number of likely N-dealkylation sites (N-methyl/N-ethyl adjacent to an activating group) is 1. The predicted octanol–water partition coefficient (Wildman–Crippen LogP) is 3.00. The number of rotatable bonds is 9. The molecule has 0 aromatic carbocycles. The average molecular weight is 455 g/mol. The lowest BCUT2D eigenvalue weighted by Crippen LogP contribution is -2.41. The van der Waals surface area contributed by atoms with Crippen LogP contribution in [0.25, 0.3) is 11.5 Å². The molecule has 1 N–H and O–H groups in total. The molecule has 0 amide bonds. The van der Waals surface area contributed by atoms with Crippen LogP contribution in [0.4, 0.5) is 5.82 Å². The highest BCUT2D eigenvalue weighted by molar-refractivity contribution is 5.83. The number of hydrogen-bond acceptors (Lipinski definition) is 8. The van der Waals surface area contributed by atoms with Crippen LogP contribution < -0.4 is 9.64 Å². The molecule has 2 aromatic heterocycles. The van der Waals surface area contributed by atoms with Crippen molar-refractivity contribution in [1.29, 1.82) is 0 Å². The van der Waals surface area contributed by atoms with Crippen LogP contribution in [0.3, 0.4) is 0 Å². The van der Waals surface area contributed by atoms with Crippen LogP contribution in [0.2, 0.25) is 0 Å². The minimum absolute atomic E-state index is 0.205. The molecular weight excluding hydrogens is 420 g/mol. The Bertz CT molecular complexity index is 988. The van der Waals surface area contributed by atoms with Crippen molar-refractivity contribution in [3.05, 3.63) is 29.6 Å². The summed E-state index contributed by atoms with van der Waals surface area (Å²) in [6, 6.07) is 3.59. The fourth-order valence-electron chi connectivity index (χ4n) is 4.44. The number of nitrogens with zero attached hydrogens (tertiary/aromatic N) is 4. The highest BCUT2D eigenvalue weighted by atomic mass is 16.5. The van der Waals surface area contributed by atoms with Crippen molar-refractivity contribution in [2.45, 2.75) is 58.0 Å². The monoisotopic (exact) mass is 454 g/mol. The Hall–Kier alpha value is -2.58. The Balaban J connectivity index is 1.54. The molecule has 0 spiro atoms. The van der Waals surface area contributed by atoms with E-state index in [4.69, 9.17) is 19.4 Å². The second kappa shape index (κ2) is 10.1. The number of aromatic nitrogens is 3. The number of Topliss-reactive ketones (excluding diaryl/α,β-unsaturated/α-hetero) is 1. The zero-order valence-corrected chi connectivity index (χ0v) is 19.8. The first-order valence-corrected chi connectivity index (χ1v) is 11.8. The Morgan fingerprint density at radius 3 is 2.82 bits per heavy atom. The number of pyridine rings is 1. The first kappa shape index (κ1) is 23.6. The Morgan fingerprint density at radius 2 is 2.06 bits per heavy atom. The molecule has 33 heavy (non-hydrogen) atoms. The third-order valence-corrected chi connectivity index (χ3v) is 6.21. The summed E-state index contributed by atoms with van der Waals surface area (Å²) in [5.41, 5.74) is 1.91. The van der Waals surface area contributed by atoms with E-state index in [1.165, 1.54) is 0 Å². The molecule has 178 valence electrons. The Morgan fingerprint density at radius 1 is 1.27 bits per heavy atom. The highest BCUT2D eigenvalue weighted by Gasteiger charge is 2.31. The van der Waals surface area contributed by atoms with Gasteiger partial charge in [0.25, 0.3) is 0 Å². The summed E-state index contributed by atoms with van der Waals surface area (Å²) in [5, 5.41) is 10.7. The molecule has 1 aliphatic heterocycles. The third kappa shape index (κ3) is 5.86. The fraction of sp³-hybridized carbons (Fsp3) is 0.600. The lowest BCUT2D eigenvalue weighted by Gasteiger charge is -2.31. The molecule has 8 heteroatoms. The van der Waals surface area contributed by atoms with E-state index in [1.807, 2.05) is 18.0 Å². The SMILES string of the molecule is CC(C)CC(=O)CN(C)c1nc(-c2cc(OCC3(O)CCOCC3)ccn2)nc2c1CCC2. The fourth-order valence-corrected chi connectivity index (χ4v) is 4.44. The zero-order valence-electron chi connectivity index (χ0n) is 19.8. The minimum atomic E-state index is -0.871. The summed E-state index contributed by atoms with van der Waals surface area (Å²) in [6.45, 7) is 5.73. The number of anilines is 1. The molecule has 2 aromatic rings. The number of fused-ring (bicyclic) bond motifs is 1. The smallest absolute Gasteiger partial charge is 0.180 e. The average Bonchev–Trinajstić information content (AvgIpc) is 3.26. The molecule has 1 saturated heterocycles. The van der Waals surface area contributed by atoms with Gasteiger partial charge in [-0.2, -0.15) is 0 Å². The topological polar surface area (TPSA) is 97.7 Å². The molecule has 3 heterocycles. The maximum atomic E-state index is 12.4. The predicted molar refractivity (Wildman–Crippen MR) is 126 cm³/mol. The molecule has 2 aliphatic rings. The van der Waals surface area contributed by atoms with Crippen molar-refractivity contribution < 1.29 is 19.4 Å². The maximum absolute atomic E-state index is 12.4. The van der Waals surface area contributed by atoms with Crippen molar-refractivity contribution in [1.82, 2.24) is 15.0 Å². The van der Waals surface area contributed by atoms with Gasteiger partial charge in [0.15, 0.2) is 11.6 Å². The highest BCUT2D eigenvalue weighted by Crippen LogP contribution is 2.31. The number of carbonyl (C=O) groups is 1. The van der Waals surface area contributed by atoms with Gasteiger partial charge in [-0.05, 0) is 31.2 Å². The first-order chi connectivity index (χ1) is 15.8. The Kier molecular flexibility index (Phi) is 7.24. The van der Waals surface area contributed by atoms with Crippen LogP contribution in [0.5, 0.6) is 5.75 Å². The van der Waals surface area contributed by atoms with Gasteiger partial charge in [-0.1, -0.05) is 13.8 Å². The van der Waals surface area contributed by atoms with Crippen LogP contribution in [0.15, 0.2) is 18.3 Å². The number of hydrogen-bond donors (Lipinski definition) is 1. The number of carbonyl (C=O) groups excluding carboxylic acids is 1. The normalized spacial score (nSPS) is 17.1. The summed E-state index contributed by atoms with van der Waals surface area (Å²) >= 11 is 0. The van der Waals surface area contributed by atoms with Crippen LogP contribution in [0.1, 0.15) is 50.8 Å². The number of aliphatic hydroxyl groups is 1. The molecule has 4 rings (SSSR count). The molecule has 8 nitrogen and oxygen atoms in total. The van der Waals surface area contributed by atoms with E-state index in [1.54, 1.807) is 12.3 Å². The number of aryl methyl sites for hydroxylation is 1. The lowest BCUT2D eigenvalue weighted by atomic mass is 9.96. The molecule has 1 fully saturated rings. The molecule has 0 unspecified atom stereocenters. The molecular formula is C25H34N4O4. The van der Waals surface area contributed by atoms with E-state index in [9.17, 15) is 9.90 Å². The van der Waals surface area contributed by atoms with Crippen molar-refractivity contribution >= 4 is 11.6 Å². The van der Waals surface area contributed by atoms with Crippen LogP contribution in [-0.2, 0) is 22.4 Å².